The van der Waals surface area contributed by atoms with Crippen molar-refractivity contribution in [3.63, 3.8) is 0 Å². The van der Waals surface area contributed by atoms with Gasteiger partial charge in [0.1, 0.15) is 11.1 Å². The smallest absolute Gasteiger partial charge is 0.122 e. The molecule has 124 valence electrons. The van der Waals surface area contributed by atoms with Gasteiger partial charge in [0.2, 0.25) is 0 Å². The lowest BCUT2D eigenvalue weighted by Crippen LogP contribution is -2.23. The fourth-order valence-electron chi connectivity index (χ4n) is 3.32. The van der Waals surface area contributed by atoms with Gasteiger partial charge in [-0.25, -0.2) is 4.98 Å². The highest BCUT2D eigenvalue weighted by atomic mass is 32.1. The Hall–Kier alpha value is -1.27. The zero-order valence-corrected chi connectivity index (χ0v) is 14.6. The van der Waals surface area contributed by atoms with Crippen molar-refractivity contribution in [2.45, 2.75) is 25.5 Å². The Morgan fingerprint density at radius 3 is 2.83 bits per heavy atom. The van der Waals surface area contributed by atoms with Crippen molar-refractivity contribution in [1.82, 2.24) is 9.88 Å². The molecule has 1 fully saturated rings. The Morgan fingerprint density at radius 1 is 1.35 bits per heavy atom. The van der Waals surface area contributed by atoms with E-state index < -0.39 is 0 Å². The van der Waals surface area contributed by atoms with E-state index in [1.807, 2.05) is 6.92 Å². The second-order valence-electron chi connectivity index (χ2n) is 6.26. The number of rotatable bonds is 6. The largest absolute Gasteiger partial charge is 0.375 e. The molecule has 1 saturated heterocycles. The van der Waals surface area contributed by atoms with Gasteiger partial charge in [0.25, 0.3) is 0 Å². The molecule has 0 spiro atoms. The summed E-state index contributed by atoms with van der Waals surface area (Å²) in [4.78, 5) is 7.19. The van der Waals surface area contributed by atoms with Crippen LogP contribution in [0.1, 0.15) is 35.2 Å². The number of aromatic nitrogens is 1. The van der Waals surface area contributed by atoms with Crippen molar-refractivity contribution in [3.8, 4) is 0 Å². The van der Waals surface area contributed by atoms with Gasteiger partial charge in [0.05, 0.1) is 5.69 Å². The molecule has 3 rings (SSSR count). The van der Waals surface area contributed by atoms with E-state index in [0.29, 0.717) is 11.8 Å². The molecule has 0 amide bonds. The van der Waals surface area contributed by atoms with Crippen LogP contribution in [-0.4, -0.2) is 36.6 Å². The first kappa shape index (κ1) is 16.6. The van der Waals surface area contributed by atoms with Gasteiger partial charge in [0.15, 0.2) is 0 Å². The number of likely N-dealkylation sites (tertiary alicyclic amines) is 1. The van der Waals surface area contributed by atoms with Crippen LogP contribution in [0, 0.1) is 5.92 Å². The maximum atomic E-state index is 6.02. The third-order valence-electron chi connectivity index (χ3n) is 4.70. The molecule has 2 N–H and O–H groups in total. The molecule has 2 aromatic rings. The molecule has 0 aliphatic carbocycles. The molecule has 3 atom stereocenters. The number of nitrogens with two attached hydrogens (primary N) is 1. The van der Waals surface area contributed by atoms with Gasteiger partial charge in [-0.15, -0.1) is 11.3 Å². The number of hydrogen-bond donors (Lipinski definition) is 1. The van der Waals surface area contributed by atoms with E-state index in [9.17, 15) is 0 Å². The maximum Gasteiger partial charge on any atom is 0.122 e. The molecule has 2 heterocycles. The summed E-state index contributed by atoms with van der Waals surface area (Å²) >= 11 is 1.68. The summed E-state index contributed by atoms with van der Waals surface area (Å²) in [5.41, 5.74) is 8.56. The van der Waals surface area contributed by atoms with Crippen molar-refractivity contribution in [2.24, 2.45) is 11.7 Å². The SMILES string of the molecule is COC(C)c1nc(CN2C[C@@H](CN)[C@H](c3ccccc3)C2)cs1. The van der Waals surface area contributed by atoms with E-state index in [1.54, 1.807) is 18.4 Å². The Kier molecular flexibility index (Phi) is 5.43. The minimum absolute atomic E-state index is 0.0705. The quantitative estimate of drug-likeness (QED) is 0.884. The van der Waals surface area contributed by atoms with E-state index in [1.165, 1.54) is 5.56 Å². The normalized spacial score (nSPS) is 23.3. The molecule has 1 aromatic carbocycles. The number of nitrogens with zero attached hydrogens (tertiary/aromatic N) is 2. The van der Waals surface area contributed by atoms with Crippen LogP contribution in [0.25, 0.3) is 0 Å². The third-order valence-corrected chi connectivity index (χ3v) is 5.76. The van der Waals surface area contributed by atoms with E-state index in [2.05, 4.69) is 40.6 Å². The second-order valence-corrected chi connectivity index (χ2v) is 7.15. The average molecular weight is 331 g/mol. The van der Waals surface area contributed by atoms with Crippen LogP contribution in [0.5, 0.6) is 0 Å². The van der Waals surface area contributed by atoms with E-state index in [-0.39, 0.29) is 6.10 Å². The monoisotopic (exact) mass is 331 g/mol. The molecule has 23 heavy (non-hydrogen) atoms. The highest BCUT2D eigenvalue weighted by Gasteiger charge is 2.33. The van der Waals surface area contributed by atoms with Crippen molar-refractivity contribution in [1.29, 1.82) is 0 Å². The van der Waals surface area contributed by atoms with Crippen molar-refractivity contribution in [2.75, 3.05) is 26.7 Å². The molecule has 0 bridgehead atoms. The molecule has 0 radical (unpaired) electrons. The van der Waals surface area contributed by atoms with Gasteiger partial charge in [-0.1, -0.05) is 30.3 Å². The van der Waals surface area contributed by atoms with Crippen molar-refractivity contribution >= 4 is 11.3 Å². The first-order valence-electron chi connectivity index (χ1n) is 8.15. The Morgan fingerprint density at radius 2 is 2.13 bits per heavy atom. The number of methoxy groups -OCH3 is 1. The van der Waals surface area contributed by atoms with Gasteiger partial charge in [-0.3, -0.25) is 4.90 Å². The summed E-state index contributed by atoms with van der Waals surface area (Å²) in [5.74, 6) is 1.05. The summed E-state index contributed by atoms with van der Waals surface area (Å²) in [6, 6.07) is 10.7. The predicted octanol–water partition coefficient (Wildman–Crippen LogP) is 3.02. The Balaban J connectivity index is 1.67. The van der Waals surface area contributed by atoms with Gasteiger partial charge < -0.3 is 10.5 Å². The lowest BCUT2D eigenvalue weighted by molar-refractivity contribution is 0.119. The number of ether oxygens (including phenoxy) is 1. The zero-order chi connectivity index (χ0) is 16.2. The highest BCUT2D eigenvalue weighted by molar-refractivity contribution is 7.09. The van der Waals surface area contributed by atoms with Crippen LogP contribution in [0.3, 0.4) is 0 Å². The predicted molar refractivity (Wildman–Crippen MR) is 94.5 cm³/mol. The van der Waals surface area contributed by atoms with E-state index >= 15 is 0 Å². The van der Waals surface area contributed by atoms with E-state index in [0.717, 1.165) is 36.9 Å². The summed E-state index contributed by atoms with van der Waals surface area (Å²) < 4.78 is 5.35. The van der Waals surface area contributed by atoms with Crippen LogP contribution in [-0.2, 0) is 11.3 Å². The third kappa shape index (κ3) is 3.80. The molecule has 4 nitrogen and oxygen atoms in total. The number of hydrogen-bond acceptors (Lipinski definition) is 5. The molecule has 1 unspecified atom stereocenters. The molecule has 1 aliphatic heterocycles. The second kappa shape index (κ2) is 7.53. The van der Waals surface area contributed by atoms with Gasteiger partial charge in [-0.05, 0) is 24.9 Å². The van der Waals surface area contributed by atoms with Crippen molar-refractivity contribution in [3.05, 3.63) is 52.0 Å². The summed E-state index contributed by atoms with van der Waals surface area (Å²) in [6.45, 7) is 5.77. The molecule has 5 heteroatoms. The van der Waals surface area contributed by atoms with Gasteiger partial charge in [-0.2, -0.15) is 0 Å². The standard InChI is InChI=1S/C18H25N3OS/c1-13(22-2)18-20-16(12-23-18)10-21-9-15(8-19)17(11-21)14-6-4-3-5-7-14/h3-7,12-13,15,17H,8-11,19H2,1-2H3/t13?,15-,17+/m1/s1. The lowest BCUT2D eigenvalue weighted by Gasteiger charge is -2.16. The molecule has 0 saturated carbocycles. The van der Waals surface area contributed by atoms with Crippen LogP contribution in [0.2, 0.25) is 0 Å². The molecule has 1 aromatic heterocycles. The minimum atomic E-state index is 0.0705. The zero-order valence-electron chi connectivity index (χ0n) is 13.8. The summed E-state index contributed by atoms with van der Waals surface area (Å²) in [7, 11) is 1.72. The maximum absolute atomic E-state index is 6.02. The summed E-state index contributed by atoms with van der Waals surface area (Å²) in [6.07, 6.45) is 0.0705. The lowest BCUT2D eigenvalue weighted by atomic mass is 9.89. The first-order chi connectivity index (χ1) is 11.2. The average Bonchev–Trinajstić information content (AvgIpc) is 3.22. The van der Waals surface area contributed by atoms with Crippen molar-refractivity contribution < 1.29 is 4.74 Å². The van der Waals surface area contributed by atoms with Crippen LogP contribution < -0.4 is 5.73 Å². The van der Waals surface area contributed by atoms with E-state index in [4.69, 9.17) is 15.5 Å². The van der Waals surface area contributed by atoms with Crippen LogP contribution in [0.4, 0.5) is 0 Å². The molecular weight excluding hydrogens is 306 g/mol. The first-order valence-corrected chi connectivity index (χ1v) is 9.03. The molecule has 1 aliphatic rings. The topological polar surface area (TPSA) is 51.4 Å². The summed E-state index contributed by atoms with van der Waals surface area (Å²) in [5, 5.41) is 3.20. The Bertz CT molecular complexity index is 616. The number of benzene rings is 1. The van der Waals surface area contributed by atoms with Crippen LogP contribution >= 0.6 is 11.3 Å². The fourth-order valence-corrected chi connectivity index (χ4v) is 4.16. The number of thiazole rings is 1. The fraction of sp³-hybridized carbons (Fsp3) is 0.500. The van der Waals surface area contributed by atoms with Crippen LogP contribution in [0.15, 0.2) is 35.7 Å². The molecular formula is C18H25N3OS. The highest BCUT2D eigenvalue weighted by Crippen LogP contribution is 2.33. The Labute approximate surface area is 142 Å². The van der Waals surface area contributed by atoms with Gasteiger partial charge >= 0.3 is 0 Å². The minimum Gasteiger partial charge on any atom is -0.375 e. The van der Waals surface area contributed by atoms with Gasteiger partial charge in [0, 0.05) is 38.0 Å².